The molecule has 12 heavy (non-hydrogen) atoms. The van der Waals surface area contributed by atoms with Crippen LogP contribution in [0.4, 0.5) is 0 Å². The smallest absolute Gasteiger partial charge is 0.186 e. The van der Waals surface area contributed by atoms with Gasteiger partial charge in [0.25, 0.3) is 0 Å². The summed E-state index contributed by atoms with van der Waals surface area (Å²) in [5, 5.41) is 0. The summed E-state index contributed by atoms with van der Waals surface area (Å²) in [4.78, 5) is 11.9. The zero-order chi connectivity index (χ0) is 8.97. The Morgan fingerprint density at radius 1 is 1.58 bits per heavy atom. The maximum atomic E-state index is 5.16. The highest BCUT2D eigenvalue weighted by atomic mass is 15.0. The molecule has 0 fully saturated rings. The second-order valence-corrected chi connectivity index (χ2v) is 2.34. The molecule has 1 aromatic rings. The topological polar surface area (TPSA) is 90.2 Å². The molecule has 0 unspecified atom stereocenters. The first-order valence-electron chi connectivity index (χ1n) is 3.52. The molecule has 1 heterocycles. The predicted octanol–water partition coefficient (Wildman–Crippen LogP) is -0.442. The van der Waals surface area contributed by atoms with Gasteiger partial charge in [0.05, 0.1) is 12.2 Å². The van der Waals surface area contributed by atoms with Crippen molar-refractivity contribution in [3.8, 4) is 0 Å². The third kappa shape index (κ3) is 2.53. The number of aromatic nitrogens is 2. The lowest BCUT2D eigenvalue weighted by Gasteiger charge is -1.96. The molecule has 5 heteroatoms. The number of nitrogens with zero attached hydrogens (tertiary/aromatic N) is 3. The Labute approximate surface area is 70.5 Å². The molecule has 0 amide bonds. The summed E-state index contributed by atoms with van der Waals surface area (Å²) in [6, 6.07) is 1.78. The van der Waals surface area contributed by atoms with Crippen LogP contribution in [-0.2, 0) is 6.54 Å². The zero-order valence-electron chi connectivity index (χ0n) is 6.86. The molecule has 0 atom stereocenters. The molecule has 0 saturated heterocycles. The molecular formula is C7H11N5. The number of aliphatic imine (C=N–C) groups is 1. The van der Waals surface area contributed by atoms with Gasteiger partial charge in [0.15, 0.2) is 5.96 Å². The number of nitrogens with two attached hydrogens (primary N) is 2. The van der Waals surface area contributed by atoms with Crippen molar-refractivity contribution in [2.45, 2.75) is 13.5 Å². The average molecular weight is 165 g/mol. The van der Waals surface area contributed by atoms with E-state index in [9.17, 15) is 0 Å². The van der Waals surface area contributed by atoms with Crippen LogP contribution in [-0.4, -0.2) is 15.9 Å². The molecule has 0 bridgehead atoms. The second kappa shape index (κ2) is 3.66. The molecule has 0 saturated carbocycles. The highest BCUT2D eigenvalue weighted by molar-refractivity contribution is 5.75. The highest BCUT2D eigenvalue weighted by Gasteiger charge is 1.93. The van der Waals surface area contributed by atoms with Crippen LogP contribution < -0.4 is 11.5 Å². The quantitative estimate of drug-likeness (QED) is 0.459. The van der Waals surface area contributed by atoms with Crippen LogP contribution in [0, 0.1) is 6.92 Å². The Morgan fingerprint density at radius 3 is 2.92 bits per heavy atom. The van der Waals surface area contributed by atoms with Crippen molar-refractivity contribution in [1.29, 1.82) is 0 Å². The van der Waals surface area contributed by atoms with Crippen LogP contribution >= 0.6 is 0 Å². The molecule has 5 nitrogen and oxygen atoms in total. The predicted molar refractivity (Wildman–Crippen MR) is 46.3 cm³/mol. The molecule has 4 N–H and O–H groups in total. The maximum Gasteiger partial charge on any atom is 0.186 e. The van der Waals surface area contributed by atoms with Gasteiger partial charge >= 0.3 is 0 Å². The van der Waals surface area contributed by atoms with E-state index in [-0.39, 0.29) is 5.96 Å². The van der Waals surface area contributed by atoms with Crippen molar-refractivity contribution in [3.05, 3.63) is 23.8 Å². The molecule has 0 aliphatic heterocycles. The summed E-state index contributed by atoms with van der Waals surface area (Å²) in [7, 11) is 0. The van der Waals surface area contributed by atoms with Gasteiger partial charge in [0, 0.05) is 6.20 Å². The lowest BCUT2D eigenvalue weighted by atomic mass is 10.4. The van der Waals surface area contributed by atoms with Gasteiger partial charge in [0.2, 0.25) is 0 Å². The summed E-state index contributed by atoms with van der Waals surface area (Å²) in [6.45, 7) is 2.23. The Bertz CT molecular complexity index is 290. The third-order valence-electron chi connectivity index (χ3n) is 1.26. The van der Waals surface area contributed by atoms with Crippen molar-refractivity contribution in [2.75, 3.05) is 0 Å². The summed E-state index contributed by atoms with van der Waals surface area (Å²) in [6.07, 6.45) is 1.68. The van der Waals surface area contributed by atoms with E-state index >= 15 is 0 Å². The standard InChI is InChI=1S/C7H11N5/c1-5-10-3-2-6(12-5)4-11-7(8)9/h2-3H,4H2,1H3,(H4,8,9,11). The van der Waals surface area contributed by atoms with E-state index in [0.717, 1.165) is 11.5 Å². The van der Waals surface area contributed by atoms with Crippen molar-refractivity contribution in [2.24, 2.45) is 16.5 Å². The fourth-order valence-corrected chi connectivity index (χ4v) is 0.765. The van der Waals surface area contributed by atoms with Crippen LogP contribution in [0.2, 0.25) is 0 Å². The summed E-state index contributed by atoms with van der Waals surface area (Å²) in [5.41, 5.74) is 11.1. The zero-order valence-corrected chi connectivity index (χ0v) is 6.86. The minimum Gasteiger partial charge on any atom is -0.370 e. The minimum absolute atomic E-state index is 0.0752. The van der Waals surface area contributed by atoms with E-state index in [0.29, 0.717) is 6.54 Å². The van der Waals surface area contributed by atoms with Crippen molar-refractivity contribution < 1.29 is 0 Å². The fourth-order valence-electron chi connectivity index (χ4n) is 0.765. The number of hydrogen-bond donors (Lipinski definition) is 2. The van der Waals surface area contributed by atoms with Crippen LogP contribution in [0.5, 0.6) is 0 Å². The van der Waals surface area contributed by atoms with Gasteiger partial charge in [-0.2, -0.15) is 0 Å². The Balaban J connectivity index is 2.70. The SMILES string of the molecule is Cc1nccc(CN=C(N)N)n1. The van der Waals surface area contributed by atoms with Crippen molar-refractivity contribution in [3.63, 3.8) is 0 Å². The minimum atomic E-state index is 0.0752. The van der Waals surface area contributed by atoms with E-state index in [1.54, 1.807) is 12.3 Å². The summed E-state index contributed by atoms with van der Waals surface area (Å²) < 4.78 is 0. The van der Waals surface area contributed by atoms with Crippen LogP contribution in [0.1, 0.15) is 11.5 Å². The maximum absolute atomic E-state index is 5.16. The second-order valence-electron chi connectivity index (χ2n) is 2.34. The van der Waals surface area contributed by atoms with Gasteiger partial charge in [-0.15, -0.1) is 0 Å². The average Bonchev–Trinajstić information content (AvgIpc) is 2.01. The van der Waals surface area contributed by atoms with Gasteiger partial charge in [-0.3, -0.25) is 0 Å². The molecule has 1 rings (SSSR count). The number of aryl methyl sites for hydroxylation is 1. The lowest BCUT2D eigenvalue weighted by molar-refractivity contribution is 0.923. The van der Waals surface area contributed by atoms with Crippen molar-refractivity contribution >= 4 is 5.96 Å². The molecular weight excluding hydrogens is 154 g/mol. The first-order valence-corrected chi connectivity index (χ1v) is 3.52. The van der Waals surface area contributed by atoms with Crippen LogP contribution in [0.15, 0.2) is 17.3 Å². The molecule has 0 aliphatic carbocycles. The van der Waals surface area contributed by atoms with Gasteiger partial charge in [-0.25, -0.2) is 15.0 Å². The highest BCUT2D eigenvalue weighted by Crippen LogP contribution is 1.95. The Hall–Kier alpha value is -1.65. The van der Waals surface area contributed by atoms with Crippen LogP contribution in [0.25, 0.3) is 0 Å². The molecule has 0 aliphatic rings. The molecule has 0 spiro atoms. The normalized spacial score (nSPS) is 9.42. The fraction of sp³-hybridized carbons (Fsp3) is 0.286. The van der Waals surface area contributed by atoms with Gasteiger partial charge in [-0.1, -0.05) is 0 Å². The van der Waals surface area contributed by atoms with E-state index in [4.69, 9.17) is 11.5 Å². The first-order chi connectivity index (χ1) is 5.68. The molecule has 0 radical (unpaired) electrons. The monoisotopic (exact) mass is 165 g/mol. The third-order valence-corrected chi connectivity index (χ3v) is 1.26. The van der Waals surface area contributed by atoms with E-state index < -0.39 is 0 Å². The number of guanidine groups is 1. The molecule has 64 valence electrons. The largest absolute Gasteiger partial charge is 0.370 e. The Morgan fingerprint density at radius 2 is 2.33 bits per heavy atom. The first kappa shape index (κ1) is 8.45. The number of hydrogen-bond acceptors (Lipinski definition) is 3. The number of rotatable bonds is 2. The van der Waals surface area contributed by atoms with E-state index in [2.05, 4.69) is 15.0 Å². The van der Waals surface area contributed by atoms with E-state index in [1.165, 1.54) is 0 Å². The summed E-state index contributed by atoms with van der Waals surface area (Å²) in [5.74, 6) is 0.796. The van der Waals surface area contributed by atoms with Crippen molar-refractivity contribution in [1.82, 2.24) is 9.97 Å². The van der Waals surface area contributed by atoms with Gasteiger partial charge in [-0.05, 0) is 13.0 Å². The molecule has 1 aromatic heterocycles. The molecule has 0 aromatic carbocycles. The van der Waals surface area contributed by atoms with Crippen LogP contribution in [0.3, 0.4) is 0 Å². The van der Waals surface area contributed by atoms with Gasteiger partial charge in [0.1, 0.15) is 5.82 Å². The summed E-state index contributed by atoms with van der Waals surface area (Å²) >= 11 is 0. The van der Waals surface area contributed by atoms with Gasteiger partial charge < -0.3 is 11.5 Å². The lowest BCUT2D eigenvalue weighted by Crippen LogP contribution is -2.22. The Kier molecular flexibility index (Phi) is 2.57. The van der Waals surface area contributed by atoms with E-state index in [1.807, 2.05) is 6.92 Å².